The van der Waals surface area contributed by atoms with E-state index >= 15 is 0 Å². The van der Waals surface area contributed by atoms with Gasteiger partial charge in [-0.15, -0.1) is 0 Å². The van der Waals surface area contributed by atoms with E-state index in [0.717, 1.165) is 37.1 Å². The van der Waals surface area contributed by atoms with Crippen molar-refractivity contribution >= 4 is 17.7 Å². The minimum atomic E-state index is -0.578. The van der Waals surface area contributed by atoms with Crippen LogP contribution < -0.4 is 10.6 Å². The van der Waals surface area contributed by atoms with Crippen molar-refractivity contribution in [2.24, 2.45) is 0 Å². The molecule has 3 fully saturated rings. The van der Waals surface area contributed by atoms with Gasteiger partial charge < -0.3 is 15.3 Å². The Morgan fingerprint density at radius 1 is 1.14 bits per heavy atom. The number of amides is 3. The number of nitrogens with one attached hydrogen (secondary N) is 2. The van der Waals surface area contributed by atoms with Crippen LogP contribution in [0, 0.1) is 0 Å². The zero-order valence-corrected chi connectivity index (χ0v) is 16.3. The number of aliphatic hydroxyl groups excluding tert-OH is 1. The van der Waals surface area contributed by atoms with Crippen molar-refractivity contribution in [1.29, 1.82) is 0 Å². The number of piperidine rings is 1. The number of imide groups is 1. The third kappa shape index (κ3) is 3.15. The molecule has 4 aliphatic heterocycles. The molecule has 8 nitrogen and oxygen atoms in total. The second kappa shape index (κ2) is 7.19. The first kappa shape index (κ1) is 18.7. The Kier molecular flexibility index (Phi) is 4.64. The van der Waals surface area contributed by atoms with Crippen LogP contribution in [0.5, 0.6) is 0 Å². The van der Waals surface area contributed by atoms with E-state index in [-0.39, 0.29) is 36.8 Å². The lowest BCUT2D eigenvalue weighted by Crippen LogP contribution is -2.58. The third-order valence-electron chi connectivity index (χ3n) is 6.92. The maximum absolute atomic E-state index is 12.8. The van der Waals surface area contributed by atoms with Crippen molar-refractivity contribution in [3.8, 4) is 0 Å². The number of carbonyl (C=O) groups is 3. The first-order valence-corrected chi connectivity index (χ1v) is 10.4. The Hall–Kier alpha value is -2.29. The van der Waals surface area contributed by atoms with Gasteiger partial charge in [-0.1, -0.05) is 12.1 Å². The summed E-state index contributed by atoms with van der Waals surface area (Å²) >= 11 is 0. The van der Waals surface area contributed by atoms with Gasteiger partial charge >= 0.3 is 0 Å². The summed E-state index contributed by atoms with van der Waals surface area (Å²) in [5.74, 6) is -0.789. The van der Waals surface area contributed by atoms with E-state index in [2.05, 4.69) is 21.6 Å². The van der Waals surface area contributed by atoms with E-state index < -0.39 is 6.04 Å². The molecule has 0 radical (unpaired) electrons. The molecule has 1 aromatic carbocycles. The molecule has 0 aliphatic carbocycles. The van der Waals surface area contributed by atoms with Gasteiger partial charge in [0.2, 0.25) is 11.8 Å². The summed E-state index contributed by atoms with van der Waals surface area (Å²) in [5.41, 5.74) is 2.74. The number of fused-ring (bicyclic) bond motifs is 3. The van der Waals surface area contributed by atoms with Crippen molar-refractivity contribution in [3.63, 3.8) is 0 Å². The van der Waals surface area contributed by atoms with Crippen LogP contribution in [-0.4, -0.2) is 69.9 Å². The molecule has 5 rings (SSSR count). The number of hydrogen-bond donors (Lipinski definition) is 3. The quantitative estimate of drug-likeness (QED) is 0.605. The molecule has 3 amide bonds. The van der Waals surface area contributed by atoms with E-state index in [4.69, 9.17) is 0 Å². The molecule has 1 aromatic rings. The number of carbonyl (C=O) groups excluding carboxylic acids is 3. The summed E-state index contributed by atoms with van der Waals surface area (Å²) in [6.07, 6.45) is 2.88. The minimum absolute atomic E-state index is 0.118. The third-order valence-corrected chi connectivity index (χ3v) is 6.92. The Labute approximate surface area is 169 Å². The maximum atomic E-state index is 12.8. The number of hydrogen-bond acceptors (Lipinski definition) is 6. The first-order chi connectivity index (χ1) is 14.0. The topological polar surface area (TPSA) is 102 Å². The molecule has 3 N–H and O–H groups in total. The van der Waals surface area contributed by atoms with Crippen molar-refractivity contribution in [2.75, 3.05) is 13.2 Å². The molecule has 4 heterocycles. The first-order valence-electron chi connectivity index (χ1n) is 10.4. The SMILES string of the molecule is O=C1CCC(N2Cc3cc(CN4[C@H]5CC[C@@H]4[C@H](CO)NC5)ccc3C2=O)C(=O)N1. The van der Waals surface area contributed by atoms with Gasteiger partial charge in [0.15, 0.2) is 0 Å². The van der Waals surface area contributed by atoms with Gasteiger partial charge in [0.1, 0.15) is 6.04 Å². The van der Waals surface area contributed by atoms with Crippen molar-refractivity contribution < 1.29 is 19.5 Å². The number of benzene rings is 1. The van der Waals surface area contributed by atoms with Gasteiger partial charge in [0.05, 0.1) is 6.61 Å². The fourth-order valence-corrected chi connectivity index (χ4v) is 5.41. The second-order valence-electron chi connectivity index (χ2n) is 8.56. The van der Waals surface area contributed by atoms with Crippen molar-refractivity contribution in [1.82, 2.24) is 20.4 Å². The smallest absolute Gasteiger partial charge is 0.255 e. The summed E-state index contributed by atoms with van der Waals surface area (Å²) in [4.78, 5) is 40.5. The van der Waals surface area contributed by atoms with E-state index in [1.165, 1.54) is 0 Å². The molecule has 29 heavy (non-hydrogen) atoms. The van der Waals surface area contributed by atoms with Crippen LogP contribution in [0.1, 0.15) is 47.2 Å². The predicted octanol–water partition coefficient (Wildman–Crippen LogP) is -0.255. The van der Waals surface area contributed by atoms with Gasteiger partial charge in [-0.2, -0.15) is 0 Å². The zero-order valence-electron chi connectivity index (χ0n) is 16.3. The number of piperazine rings is 1. The second-order valence-corrected chi connectivity index (χ2v) is 8.56. The Morgan fingerprint density at radius 2 is 2.00 bits per heavy atom. The van der Waals surface area contributed by atoms with Crippen molar-refractivity contribution in [3.05, 3.63) is 34.9 Å². The summed E-state index contributed by atoms with van der Waals surface area (Å²) in [7, 11) is 0. The summed E-state index contributed by atoms with van der Waals surface area (Å²) in [5, 5.41) is 15.4. The van der Waals surface area contributed by atoms with Gasteiger partial charge in [0, 0.05) is 49.7 Å². The zero-order chi connectivity index (χ0) is 20.1. The standard InChI is InChI=1S/C21H26N4O4/c26-11-16-17-4-2-14(8-22-16)24(17)9-12-1-3-15-13(7-12)10-25(21(15)29)18-5-6-19(27)23-20(18)28/h1,3,7,14,16-18,22,26H,2,4-6,8-11H2,(H,23,27,28)/t14-,16-,17+,18?/m0/s1. The predicted molar refractivity (Wildman–Crippen MR) is 104 cm³/mol. The highest BCUT2D eigenvalue weighted by Gasteiger charge is 2.42. The minimum Gasteiger partial charge on any atom is -0.395 e. The summed E-state index contributed by atoms with van der Waals surface area (Å²) < 4.78 is 0. The van der Waals surface area contributed by atoms with Crippen LogP contribution in [0.25, 0.3) is 0 Å². The van der Waals surface area contributed by atoms with Crippen LogP contribution in [0.15, 0.2) is 18.2 Å². The molecule has 4 atom stereocenters. The molecule has 0 saturated carbocycles. The van der Waals surface area contributed by atoms with Crippen molar-refractivity contribution in [2.45, 2.75) is 62.9 Å². The summed E-state index contributed by atoms with van der Waals surface area (Å²) in [6.45, 7) is 2.25. The lowest BCUT2D eigenvalue weighted by Gasteiger charge is -2.40. The van der Waals surface area contributed by atoms with Crippen LogP contribution in [0.3, 0.4) is 0 Å². The fourth-order valence-electron chi connectivity index (χ4n) is 5.41. The molecule has 8 heteroatoms. The maximum Gasteiger partial charge on any atom is 0.255 e. The fraction of sp³-hybridized carbons (Fsp3) is 0.571. The van der Waals surface area contributed by atoms with Gasteiger partial charge in [-0.05, 0) is 36.5 Å². The van der Waals surface area contributed by atoms with Crippen LogP contribution in [0.4, 0.5) is 0 Å². The van der Waals surface area contributed by atoms with Gasteiger partial charge in [-0.3, -0.25) is 24.6 Å². The molecular formula is C21H26N4O4. The average Bonchev–Trinajstić information content (AvgIpc) is 3.15. The number of nitrogens with zero attached hydrogens (tertiary/aromatic N) is 2. The van der Waals surface area contributed by atoms with E-state index in [1.807, 2.05) is 12.1 Å². The van der Waals surface area contributed by atoms with E-state index in [1.54, 1.807) is 4.90 Å². The lowest BCUT2D eigenvalue weighted by atomic mass is 10.0. The molecule has 2 bridgehead atoms. The Morgan fingerprint density at radius 3 is 2.79 bits per heavy atom. The highest BCUT2D eigenvalue weighted by atomic mass is 16.3. The van der Waals surface area contributed by atoms with Crippen LogP contribution in [0.2, 0.25) is 0 Å². The monoisotopic (exact) mass is 398 g/mol. The molecular weight excluding hydrogens is 372 g/mol. The van der Waals surface area contributed by atoms with Crippen LogP contribution >= 0.6 is 0 Å². The Balaban J connectivity index is 1.33. The molecule has 4 aliphatic rings. The van der Waals surface area contributed by atoms with E-state index in [0.29, 0.717) is 30.6 Å². The lowest BCUT2D eigenvalue weighted by molar-refractivity contribution is -0.136. The van der Waals surface area contributed by atoms with Gasteiger partial charge in [-0.25, -0.2) is 0 Å². The Bertz CT molecular complexity index is 872. The summed E-state index contributed by atoms with van der Waals surface area (Å²) in [6, 6.07) is 6.31. The molecule has 3 saturated heterocycles. The molecule has 1 unspecified atom stereocenters. The number of aliphatic hydroxyl groups is 1. The largest absolute Gasteiger partial charge is 0.395 e. The number of rotatable bonds is 4. The van der Waals surface area contributed by atoms with E-state index in [9.17, 15) is 19.5 Å². The normalized spacial score (nSPS) is 31.9. The highest BCUT2D eigenvalue weighted by Crippen LogP contribution is 2.33. The molecule has 154 valence electrons. The highest BCUT2D eigenvalue weighted by molar-refractivity contribution is 6.05. The average molecular weight is 398 g/mol. The molecule has 0 aromatic heterocycles. The van der Waals surface area contributed by atoms with Crippen LogP contribution in [-0.2, 0) is 22.7 Å². The van der Waals surface area contributed by atoms with Gasteiger partial charge in [0.25, 0.3) is 5.91 Å². The molecule has 0 spiro atoms.